The van der Waals surface area contributed by atoms with Gasteiger partial charge in [-0.15, -0.1) is 0 Å². The zero-order chi connectivity index (χ0) is 21.3. The van der Waals surface area contributed by atoms with Crippen LogP contribution in [0.15, 0.2) is 24.3 Å². The first-order valence-corrected chi connectivity index (χ1v) is 10.8. The maximum Gasteiger partial charge on any atom is 0.246 e. The highest BCUT2D eigenvalue weighted by molar-refractivity contribution is 5.92. The summed E-state index contributed by atoms with van der Waals surface area (Å²) in [6, 6.07) is 5.49. The van der Waals surface area contributed by atoms with E-state index in [0.29, 0.717) is 31.1 Å². The Morgan fingerprint density at radius 1 is 0.900 bits per heavy atom. The first kappa shape index (κ1) is 22.2. The summed E-state index contributed by atoms with van der Waals surface area (Å²) in [6.07, 6.45) is 8.00. The summed E-state index contributed by atoms with van der Waals surface area (Å²) in [5.41, 5.74) is 0.798. The van der Waals surface area contributed by atoms with Gasteiger partial charge < -0.3 is 19.3 Å². The Hall–Kier alpha value is -2.54. The van der Waals surface area contributed by atoms with Gasteiger partial charge in [-0.3, -0.25) is 14.5 Å². The fourth-order valence-electron chi connectivity index (χ4n) is 3.97. The van der Waals surface area contributed by atoms with E-state index >= 15 is 0 Å². The van der Waals surface area contributed by atoms with Crippen molar-refractivity contribution in [3.05, 3.63) is 29.8 Å². The molecule has 2 aliphatic rings. The molecule has 0 radical (unpaired) electrons. The highest BCUT2D eigenvalue weighted by atomic mass is 16.5. The second-order valence-corrected chi connectivity index (χ2v) is 7.84. The van der Waals surface area contributed by atoms with Crippen molar-refractivity contribution in [2.24, 2.45) is 0 Å². The Morgan fingerprint density at radius 2 is 1.60 bits per heavy atom. The molecule has 0 aliphatic carbocycles. The Bertz CT molecular complexity index is 749. The van der Waals surface area contributed by atoms with Crippen LogP contribution in [0.5, 0.6) is 11.5 Å². The zero-order valence-corrected chi connectivity index (χ0v) is 18.1. The SMILES string of the molecule is COc1ccc(OC)c(/C=C/C(=O)N2CCN(CC(=O)N3CCCCCC3)CC2)c1. The molecule has 3 rings (SSSR count). The van der Waals surface area contributed by atoms with E-state index in [4.69, 9.17) is 9.47 Å². The first-order valence-electron chi connectivity index (χ1n) is 10.8. The second-order valence-electron chi connectivity index (χ2n) is 7.84. The van der Waals surface area contributed by atoms with Crippen LogP contribution in [0, 0.1) is 0 Å². The van der Waals surface area contributed by atoms with Gasteiger partial charge in [0.15, 0.2) is 0 Å². The van der Waals surface area contributed by atoms with E-state index in [0.717, 1.165) is 44.6 Å². The molecular formula is C23H33N3O4. The molecule has 7 heteroatoms. The summed E-state index contributed by atoms with van der Waals surface area (Å²) >= 11 is 0. The van der Waals surface area contributed by atoms with Crippen LogP contribution in [-0.4, -0.2) is 86.5 Å². The van der Waals surface area contributed by atoms with Gasteiger partial charge in [-0.2, -0.15) is 0 Å². The van der Waals surface area contributed by atoms with E-state index in [1.165, 1.54) is 12.8 Å². The Kier molecular flexibility index (Phi) is 8.13. The van der Waals surface area contributed by atoms with Crippen molar-refractivity contribution < 1.29 is 19.1 Å². The van der Waals surface area contributed by atoms with E-state index in [1.807, 2.05) is 28.0 Å². The number of likely N-dealkylation sites (tertiary alicyclic amines) is 1. The zero-order valence-electron chi connectivity index (χ0n) is 18.1. The molecule has 164 valence electrons. The van der Waals surface area contributed by atoms with Crippen LogP contribution in [0.4, 0.5) is 0 Å². The molecule has 2 amide bonds. The predicted octanol–water partition coefficient (Wildman–Crippen LogP) is 2.26. The molecule has 2 heterocycles. The minimum atomic E-state index is -0.0293. The van der Waals surface area contributed by atoms with Crippen LogP contribution < -0.4 is 9.47 Å². The third-order valence-electron chi connectivity index (χ3n) is 5.84. The fraction of sp³-hybridized carbons (Fsp3) is 0.565. The van der Waals surface area contributed by atoms with E-state index in [1.54, 1.807) is 26.4 Å². The van der Waals surface area contributed by atoms with E-state index in [-0.39, 0.29) is 11.8 Å². The van der Waals surface area contributed by atoms with Crippen molar-refractivity contribution in [3.63, 3.8) is 0 Å². The van der Waals surface area contributed by atoms with Crippen molar-refractivity contribution in [3.8, 4) is 11.5 Å². The summed E-state index contributed by atoms with van der Waals surface area (Å²) in [4.78, 5) is 31.2. The maximum absolute atomic E-state index is 12.6. The largest absolute Gasteiger partial charge is 0.497 e. The minimum Gasteiger partial charge on any atom is -0.497 e. The monoisotopic (exact) mass is 415 g/mol. The quantitative estimate of drug-likeness (QED) is 0.667. The highest BCUT2D eigenvalue weighted by Crippen LogP contribution is 2.25. The predicted molar refractivity (Wildman–Crippen MR) is 117 cm³/mol. The smallest absolute Gasteiger partial charge is 0.246 e. The second kappa shape index (κ2) is 11.0. The van der Waals surface area contributed by atoms with Crippen molar-refractivity contribution in [2.45, 2.75) is 25.7 Å². The highest BCUT2D eigenvalue weighted by Gasteiger charge is 2.23. The molecular weight excluding hydrogens is 382 g/mol. The summed E-state index contributed by atoms with van der Waals surface area (Å²) in [5, 5.41) is 0. The van der Waals surface area contributed by atoms with Crippen molar-refractivity contribution in [1.82, 2.24) is 14.7 Å². The third kappa shape index (κ3) is 5.98. The summed E-state index contributed by atoms with van der Waals surface area (Å²) in [6.45, 7) is 4.94. The molecule has 0 saturated carbocycles. The maximum atomic E-state index is 12.6. The van der Waals surface area contributed by atoms with Crippen LogP contribution in [0.3, 0.4) is 0 Å². The molecule has 7 nitrogen and oxygen atoms in total. The van der Waals surface area contributed by atoms with Gasteiger partial charge in [0.25, 0.3) is 0 Å². The number of benzene rings is 1. The lowest BCUT2D eigenvalue weighted by Gasteiger charge is -2.35. The van der Waals surface area contributed by atoms with Gasteiger partial charge in [0.2, 0.25) is 11.8 Å². The number of carbonyl (C=O) groups excluding carboxylic acids is 2. The molecule has 1 aromatic rings. The Balaban J connectivity index is 1.49. The van der Waals surface area contributed by atoms with Gasteiger partial charge in [0, 0.05) is 50.9 Å². The van der Waals surface area contributed by atoms with Gasteiger partial charge in [-0.05, 0) is 37.1 Å². The number of methoxy groups -OCH3 is 2. The average Bonchev–Trinajstić information content (AvgIpc) is 3.07. The summed E-state index contributed by atoms with van der Waals surface area (Å²) in [7, 11) is 3.21. The lowest BCUT2D eigenvalue weighted by atomic mass is 10.1. The first-order chi connectivity index (χ1) is 14.6. The van der Waals surface area contributed by atoms with E-state index < -0.39 is 0 Å². The third-order valence-corrected chi connectivity index (χ3v) is 5.84. The van der Waals surface area contributed by atoms with Crippen molar-refractivity contribution in [1.29, 1.82) is 0 Å². The molecule has 2 fully saturated rings. The van der Waals surface area contributed by atoms with E-state index in [9.17, 15) is 9.59 Å². The number of hydrogen-bond acceptors (Lipinski definition) is 5. The van der Waals surface area contributed by atoms with Crippen molar-refractivity contribution in [2.75, 3.05) is 60.0 Å². The van der Waals surface area contributed by atoms with E-state index in [2.05, 4.69) is 4.90 Å². The number of hydrogen-bond donors (Lipinski definition) is 0. The fourth-order valence-corrected chi connectivity index (χ4v) is 3.97. The molecule has 0 atom stereocenters. The molecule has 0 aromatic heterocycles. The lowest BCUT2D eigenvalue weighted by Crippen LogP contribution is -2.51. The van der Waals surface area contributed by atoms with Gasteiger partial charge in [0.05, 0.1) is 20.8 Å². The number of nitrogens with zero attached hydrogens (tertiary/aromatic N) is 3. The lowest BCUT2D eigenvalue weighted by molar-refractivity contribution is -0.133. The Labute approximate surface area is 179 Å². The van der Waals surface area contributed by atoms with Gasteiger partial charge >= 0.3 is 0 Å². The average molecular weight is 416 g/mol. The van der Waals surface area contributed by atoms with Crippen LogP contribution in [0.1, 0.15) is 31.2 Å². The number of ether oxygens (including phenoxy) is 2. The van der Waals surface area contributed by atoms with Gasteiger partial charge in [-0.1, -0.05) is 12.8 Å². The molecule has 0 spiro atoms. The summed E-state index contributed by atoms with van der Waals surface area (Å²) in [5.74, 6) is 1.60. The topological polar surface area (TPSA) is 62.3 Å². The van der Waals surface area contributed by atoms with Crippen LogP contribution in [-0.2, 0) is 9.59 Å². The normalized spacial score (nSPS) is 18.3. The molecule has 2 saturated heterocycles. The minimum absolute atomic E-state index is 0.0293. The van der Waals surface area contributed by atoms with Gasteiger partial charge in [-0.25, -0.2) is 0 Å². The van der Waals surface area contributed by atoms with Crippen molar-refractivity contribution >= 4 is 17.9 Å². The summed E-state index contributed by atoms with van der Waals surface area (Å²) < 4.78 is 10.6. The number of piperazine rings is 1. The number of rotatable bonds is 6. The molecule has 0 unspecified atom stereocenters. The number of carbonyl (C=O) groups is 2. The van der Waals surface area contributed by atoms with Gasteiger partial charge in [0.1, 0.15) is 11.5 Å². The molecule has 0 N–H and O–H groups in total. The molecule has 0 bridgehead atoms. The molecule has 1 aromatic carbocycles. The Morgan fingerprint density at radius 3 is 2.23 bits per heavy atom. The van der Waals surface area contributed by atoms with Crippen LogP contribution in [0.2, 0.25) is 0 Å². The molecule has 2 aliphatic heterocycles. The van der Waals surface area contributed by atoms with Crippen LogP contribution in [0.25, 0.3) is 6.08 Å². The molecule has 30 heavy (non-hydrogen) atoms. The standard InChI is InChI=1S/C23H33N3O4/c1-29-20-8-9-21(30-2)19(17-20)7-10-22(27)26-15-13-24(14-16-26)18-23(28)25-11-5-3-4-6-12-25/h7-10,17H,3-6,11-16,18H2,1-2H3/b10-7+. The van der Waals surface area contributed by atoms with Crippen LogP contribution >= 0.6 is 0 Å². The number of amides is 2.